The molecule has 0 spiro atoms. The number of fused-ring (bicyclic) bond motifs is 1. The molecule has 192 valence electrons. The number of aryl methyl sites for hydroxylation is 1. The fourth-order valence-electron chi connectivity index (χ4n) is 5.13. The molecule has 0 fully saturated rings. The molecule has 1 N–H and O–H groups in total. The number of hydrogen-bond acceptors (Lipinski definition) is 3. The van der Waals surface area contributed by atoms with Gasteiger partial charge in [-0.1, -0.05) is 60.2 Å². The van der Waals surface area contributed by atoms with Gasteiger partial charge in [-0.3, -0.25) is 9.59 Å². The van der Waals surface area contributed by atoms with E-state index >= 15 is 0 Å². The zero-order chi connectivity index (χ0) is 27.1. The minimum absolute atomic E-state index is 0.124. The molecule has 6 rings (SSSR count). The van der Waals surface area contributed by atoms with Gasteiger partial charge < -0.3 is 4.98 Å². The quantitative estimate of drug-likeness (QED) is 0.285. The van der Waals surface area contributed by atoms with Crippen LogP contribution in [0.3, 0.4) is 0 Å². The summed E-state index contributed by atoms with van der Waals surface area (Å²) >= 11 is 0. The average Bonchev–Trinajstić information content (AvgIpc) is 3.38. The van der Waals surface area contributed by atoms with E-state index in [1.165, 1.54) is 35.3 Å². The Balaban J connectivity index is 1.57. The molecule has 1 atom stereocenters. The Bertz CT molecular complexity index is 1810. The Morgan fingerprint density at radius 1 is 0.872 bits per heavy atom. The van der Waals surface area contributed by atoms with Gasteiger partial charge in [0.15, 0.2) is 0 Å². The number of aromatic amines is 1. The lowest BCUT2D eigenvalue weighted by molar-refractivity contribution is 0.0710. The number of hydrogen-bond donors (Lipinski definition) is 1. The van der Waals surface area contributed by atoms with E-state index in [0.717, 1.165) is 28.1 Å². The summed E-state index contributed by atoms with van der Waals surface area (Å²) in [5, 5.41) is 6.81. The van der Waals surface area contributed by atoms with Gasteiger partial charge in [-0.25, -0.2) is 13.8 Å². The molecule has 0 aliphatic carbocycles. The smallest absolute Gasteiger partial charge is 0.274 e. The van der Waals surface area contributed by atoms with E-state index in [9.17, 15) is 18.4 Å². The number of hydrazone groups is 1. The molecule has 1 aromatic heterocycles. The molecule has 0 radical (unpaired) electrons. The van der Waals surface area contributed by atoms with E-state index in [2.05, 4.69) is 10.1 Å². The van der Waals surface area contributed by atoms with Crippen molar-refractivity contribution < 1.29 is 13.6 Å². The summed E-state index contributed by atoms with van der Waals surface area (Å²) in [6.07, 6.45) is 0.215. The van der Waals surface area contributed by atoms with Crippen LogP contribution in [0, 0.1) is 18.6 Å². The normalized spacial score (nSPS) is 15.0. The lowest BCUT2D eigenvalue weighted by Gasteiger charge is -2.22. The van der Waals surface area contributed by atoms with Crippen LogP contribution in [-0.4, -0.2) is 21.6 Å². The molecule has 5 aromatic rings. The van der Waals surface area contributed by atoms with Crippen LogP contribution in [0.1, 0.15) is 39.5 Å². The van der Waals surface area contributed by atoms with Crippen LogP contribution in [0.5, 0.6) is 0 Å². The fourth-order valence-corrected chi connectivity index (χ4v) is 5.13. The van der Waals surface area contributed by atoms with E-state index in [4.69, 9.17) is 0 Å². The van der Waals surface area contributed by atoms with Gasteiger partial charge in [0.25, 0.3) is 11.5 Å². The third kappa shape index (κ3) is 4.52. The largest absolute Gasteiger partial charge is 0.321 e. The molecule has 5 nitrogen and oxygen atoms in total. The molecule has 0 unspecified atom stereocenters. The van der Waals surface area contributed by atoms with Crippen molar-refractivity contribution in [2.45, 2.75) is 19.4 Å². The van der Waals surface area contributed by atoms with Crippen LogP contribution in [0.15, 0.2) is 107 Å². The third-order valence-electron chi connectivity index (χ3n) is 6.97. The Morgan fingerprint density at radius 2 is 1.64 bits per heavy atom. The Morgan fingerprint density at radius 3 is 2.38 bits per heavy atom. The van der Waals surface area contributed by atoms with Gasteiger partial charge >= 0.3 is 0 Å². The predicted molar refractivity (Wildman–Crippen MR) is 148 cm³/mol. The zero-order valence-corrected chi connectivity index (χ0v) is 21.0. The van der Waals surface area contributed by atoms with E-state index in [0.29, 0.717) is 22.4 Å². The third-order valence-corrected chi connectivity index (χ3v) is 6.97. The molecular formula is C32H23F2N3O2. The SMILES string of the molecule is Cc1ccc2[nH]c(=O)c(C3=NN(C(=O)c4cccc(F)c4)[C@@H](c4ccc(F)cc4)C3)c(-c3ccccc3)c2c1. The number of H-pyrrole nitrogens is 1. The Labute approximate surface area is 223 Å². The summed E-state index contributed by atoms with van der Waals surface area (Å²) in [5.41, 5.74) is 4.49. The van der Waals surface area contributed by atoms with Crippen molar-refractivity contribution in [2.75, 3.05) is 0 Å². The zero-order valence-electron chi connectivity index (χ0n) is 21.0. The van der Waals surface area contributed by atoms with Crippen molar-refractivity contribution in [2.24, 2.45) is 5.10 Å². The van der Waals surface area contributed by atoms with Gasteiger partial charge in [-0.2, -0.15) is 5.10 Å². The van der Waals surface area contributed by atoms with Crippen molar-refractivity contribution >= 4 is 22.5 Å². The first-order valence-corrected chi connectivity index (χ1v) is 12.5. The summed E-state index contributed by atoms with van der Waals surface area (Å²) in [6.45, 7) is 1.98. The highest BCUT2D eigenvalue weighted by atomic mass is 19.1. The number of nitrogens with one attached hydrogen (secondary N) is 1. The fraction of sp³-hybridized carbons (Fsp3) is 0.0938. The molecule has 2 heterocycles. The predicted octanol–water partition coefficient (Wildman–Crippen LogP) is 6.77. The molecule has 1 aliphatic heterocycles. The topological polar surface area (TPSA) is 65.5 Å². The molecule has 0 saturated carbocycles. The van der Waals surface area contributed by atoms with Gasteiger partial charge in [-0.05, 0) is 60.5 Å². The van der Waals surface area contributed by atoms with Gasteiger partial charge in [0, 0.05) is 28.5 Å². The number of carbonyl (C=O) groups is 1. The number of carbonyl (C=O) groups excluding carboxylic acids is 1. The second-order valence-electron chi connectivity index (χ2n) is 9.60. The molecule has 39 heavy (non-hydrogen) atoms. The highest BCUT2D eigenvalue weighted by molar-refractivity contribution is 6.13. The van der Waals surface area contributed by atoms with Crippen molar-refractivity contribution in [3.8, 4) is 11.1 Å². The minimum atomic E-state index is -0.618. The van der Waals surface area contributed by atoms with Crippen LogP contribution < -0.4 is 5.56 Å². The van der Waals surface area contributed by atoms with Gasteiger partial charge in [0.1, 0.15) is 11.6 Å². The maximum Gasteiger partial charge on any atom is 0.274 e. The molecule has 4 aromatic carbocycles. The molecular weight excluding hydrogens is 496 g/mol. The summed E-state index contributed by atoms with van der Waals surface area (Å²) < 4.78 is 27.8. The van der Waals surface area contributed by atoms with Gasteiger partial charge in [0.05, 0.1) is 17.3 Å². The van der Waals surface area contributed by atoms with E-state index in [-0.39, 0.29) is 17.5 Å². The second kappa shape index (κ2) is 9.76. The highest BCUT2D eigenvalue weighted by Crippen LogP contribution is 2.37. The first-order valence-electron chi connectivity index (χ1n) is 12.5. The maximum absolute atomic E-state index is 14.0. The van der Waals surface area contributed by atoms with Crippen LogP contribution >= 0.6 is 0 Å². The van der Waals surface area contributed by atoms with E-state index in [1.807, 2.05) is 55.5 Å². The summed E-state index contributed by atoms with van der Waals surface area (Å²) in [4.78, 5) is 30.2. The highest BCUT2D eigenvalue weighted by Gasteiger charge is 2.36. The van der Waals surface area contributed by atoms with Crippen LogP contribution in [0.4, 0.5) is 8.78 Å². The number of halogens is 2. The first kappa shape index (κ1) is 24.4. The monoisotopic (exact) mass is 519 g/mol. The number of rotatable bonds is 4. The Hall–Kier alpha value is -4.91. The number of benzene rings is 4. The Kier molecular flexibility index (Phi) is 6.11. The average molecular weight is 520 g/mol. The lowest BCUT2D eigenvalue weighted by Crippen LogP contribution is -2.27. The van der Waals surface area contributed by atoms with Crippen LogP contribution in [0.2, 0.25) is 0 Å². The minimum Gasteiger partial charge on any atom is -0.321 e. The summed E-state index contributed by atoms with van der Waals surface area (Å²) in [5.74, 6) is -1.47. The lowest BCUT2D eigenvalue weighted by atomic mass is 9.90. The molecule has 1 aliphatic rings. The summed E-state index contributed by atoms with van der Waals surface area (Å²) in [7, 11) is 0. The number of nitrogens with zero attached hydrogens (tertiary/aromatic N) is 2. The second-order valence-corrected chi connectivity index (χ2v) is 9.60. The molecule has 0 saturated heterocycles. The maximum atomic E-state index is 14.0. The number of amides is 1. The van der Waals surface area contributed by atoms with E-state index in [1.54, 1.807) is 12.1 Å². The number of aromatic nitrogens is 1. The summed E-state index contributed by atoms with van der Waals surface area (Å²) in [6, 6.07) is 26.0. The van der Waals surface area contributed by atoms with Crippen molar-refractivity contribution in [3.05, 3.63) is 141 Å². The van der Waals surface area contributed by atoms with Gasteiger partial charge in [-0.15, -0.1) is 0 Å². The van der Waals surface area contributed by atoms with Crippen LogP contribution in [0.25, 0.3) is 22.0 Å². The first-order chi connectivity index (χ1) is 18.9. The molecule has 7 heteroatoms. The van der Waals surface area contributed by atoms with Crippen molar-refractivity contribution in [1.82, 2.24) is 9.99 Å². The molecule has 0 bridgehead atoms. The van der Waals surface area contributed by atoms with Crippen molar-refractivity contribution in [1.29, 1.82) is 0 Å². The van der Waals surface area contributed by atoms with Crippen LogP contribution in [-0.2, 0) is 0 Å². The van der Waals surface area contributed by atoms with E-state index < -0.39 is 23.6 Å². The van der Waals surface area contributed by atoms with Crippen molar-refractivity contribution in [3.63, 3.8) is 0 Å². The standard InChI is InChI=1S/C32H23F2N3O2/c1-19-10-15-26-25(16-19)29(21-6-3-2-4-7-21)30(31(38)35-26)27-18-28(20-11-13-23(33)14-12-20)37(36-27)32(39)22-8-5-9-24(34)17-22/h2-17,28H,18H2,1H3,(H,35,38)/t28-/m1/s1. The van der Waals surface area contributed by atoms with Gasteiger partial charge in [0.2, 0.25) is 0 Å². The molecule has 1 amide bonds. The number of pyridine rings is 1.